The van der Waals surface area contributed by atoms with Crippen LogP contribution in [0.25, 0.3) is 5.76 Å². The monoisotopic (exact) mass is 468 g/mol. The molecule has 0 bridgehead atoms. The van der Waals surface area contributed by atoms with E-state index in [1.165, 1.54) is 30.2 Å². The molecule has 1 N–H and O–H groups in total. The zero-order chi connectivity index (χ0) is 24.7. The van der Waals surface area contributed by atoms with Crippen LogP contribution in [0.4, 0.5) is 5.69 Å². The Hall–Kier alpha value is -3.72. The number of non-ortho nitro benzene ring substituents is 1. The average Bonchev–Trinajstić information content (AvgIpc) is 3.09. The van der Waals surface area contributed by atoms with E-state index in [-0.39, 0.29) is 23.6 Å². The van der Waals surface area contributed by atoms with Gasteiger partial charge in [-0.25, -0.2) is 0 Å². The lowest BCUT2D eigenvalue weighted by molar-refractivity contribution is -0.384. The highest BCUT2D eigenvalue weighted by Gasteiger charge is 2.46. The summed E-state index contributed by atoms with van der Waals surface area (Å²) in [6, 6.07) is 11.4. The summed E-state index contributed by atoms with van der Waals surface area (Å²) in [4.78, 5) is 38.1. The summed E-state index contributed by atoms with van der Waals surface area (Å²) in [5.74, 6) is -1.45. The van der Waals surface area contributed by atoms with Crippen molar-refractivity contribution in [2.45, 2.75) is 32.2 Å². The maximum Gasteiger partial charge on any atom is 0.295 e. The Balaban J connectivity index is 2.08. The largest absolute Gasteiger partial charge is 0.507 e. The molecule has 1 fully saturated rings. The number of amides is 1. The van der Waals surface area contributed by atoms with E-state index < -0.39 is 22.7 Å². The molecule has 2 aromatic rings. The van der Waals surface area contributed by atoms with Crippen LogP contribution in [0, 0.1) is 10.1 Å². The number of nitro benzene ring substituents is 1. The van der Waals surface area contributed by atoms with Gasteiger partial charge in [-0.15, -0.1) is 0 Å². The Bertz CT molecular complexity index is 1100. The van der Waals surface area contributed by atoms with Crippen molar-refractivity contribution in [1.82, 2.24) is 4.90 Å². The van der Waals surface area contributed by atoms with Crippen molar-refractivity contribution >= 4 is 23.1 Å². The molecule has 0 spiro atoms. The summed E-state index contributed by atoms with van der Waals surface area (Å²) in [6.45, 7) is 3.11. The van der Waals surface area contributed by atoms with Crippen molar-refractivity contribution in [3.63, 3.8) is 0 Å². The molecule has 9 heteroatoms. The van der Waals surface area contributed by atoms with Crippen LogP contribution in [-0.4, -0.2) is 53.5 Å². The third-order valence-corrected chi connectivity index (χ3v) is 5.56. The van der Waals surface area contributed by atoms with E-state index in [1.807, 2.05) is 6.92 Å². The second-order valence-corrected chi connectivity index (χ2v) is 7.92. The molecule has 1 saturated heterocycles. The number of methoxy groups -OCH3 is 1. The van der Waals surface area contributed by atoms with Crippen LogP contribution in [0.5, 0.6) is 5.75 Å². The number of benzene rings is 2. The number of Topliss-reactive ketones (excluding diaryl/α,β-unsaturated/α-hetero) is 1. The molecule has 180 valence electrons. The van der Waals surface area contributed by atoms with Crippen LogP contribution in [0.15, 0.2) is 54.1 Å². The van der Waals surface area contributed by atoms with Crippen molar-refractivity contribution in [2.24, 2.45) is 0 Å². The number of likely N-dealkylation sites (tertiary alicyclic amines) is 1. The summed E-state index contributed by atoms with van der Waals surface area (Å²) in [6.07, 6.45) is 2.29. The number of aliphatic hydroxyl groups is 1. The maximum absolute atomic E-state index is 13.1. The molecule has 3 rings (SSSR count). The van der Waals surface area contributed by atoms with Gasteiger partial charge in [-0.2, -0.15) is 0 Å². The highest BCUT2D eigenvalue weighted by atomic mass is 16.6. The molecule has 34 heavy (non-hydrogen) atoms. The zero-order valence-electron chi connectivity index (χ0n) is 19.2. The fraction of sp³-hybridized carbons (Fsp3) is 0.360. The Kier molecular flexibility index (Phi) is 8.37. The van der Waals surface area contributed by atoms with Crippen LogP contribution >= 0.6 is 0 Å². The molecular weight excluding hydrogens is 440 g/mol. The number of carbonyl (C=O) groups is 2. The van der Waals surface area contributed by atoms with Crippen molar-refractivity contribution < 1.29 is 29.1 Å². The summed E-state index contributed by atoms with van der Waals surface area (Å²) < 4.78 is 10.8. The first kappa shape index (κ1) is 24.9. The molecule has 0 aromatic heterocycles. The van der Waals surface area contributed by atoms with Gasteiger partial charge in [0.1, 0.15) is 11.5 Å². The summed E-state index contributed by atoms with van der Waals surface area (Å²) in [7, 11) is 1.53. The summed E-state index contributed by atoms with van der Waals surface area (Å²) in [5, 5.41) is 22.5. The Morgan fingerprint density at radius 3 is 2.59 bits per heavy atom. The summed E-state index contributed by atoms with van der Waals surface area (Å²) >= 11 is 0. The quantitative estimate of drug-likeness (QED) is 0.131. The first-order valence-corrected chi connectivity index (χ1v) is 11.1. The molecule has 2 aromatic carbocycles. The molecule has 1 aliphatic rings. The molecule has 0 radical (unpaired) electrons. The SMILES string of the molecule is CCCCOc1cccc(C(O)=C2C(=O)C(=O)N(CCCOC)C2c2cccc([N+](=O)[O-])c2)c1. The molecule has 0 aliphatic carbocycles. The molecular formula is C25H28N2O7. The number of ketones is 1. The third-order valence-electron chi connectivity index (χ3n) is 5.56. The van der Waals surface area contributed by atoms with E-state index in [1.54, 1.807) is 30.3 Å². The number of hydrogen-bond donors (Lipinski definition) is 1. The molecule has 1 aliphatic heterocycles. The van der Waals surface area contributed by atoms with Gasteiger partial charge < -0.3 is 19.5 Å². The lowest BCUT2D eigenvalue weighted by Crippen LogP contribution is -2.31. The normalized spacial score (nSPS) is 17.2. The number of hydrogen-bond acceptors (Lipinski definition) is 7. The van der Waals surface area contributed by atoms with Crippen LogP contribution in [0.3, 0.4) is 0 Å². The molecule has 1 unspecified atom stereocenters. The van der Waals surface area contributed by atoms with Gasteiger partial charge in [-0.3, -0.25) is 19.7 Å². The molecule has 0 saturated carbocycles. The number of rotatable bonds is 11. The second-order valence-electron chi connectivity index (χ2n) is 7.92. The van der Waals surface area contributed by atoms with E-state index in [4.69, 9.17) is 9.47 Å². The van der Waals surface area contributed by atoms with Crippen molar-refractivity contribution in [1.29, 1.82) is 0 Å². The van der Waals surface area contributed by atoms with E-state index >= 15 is 0 Å². The predicted molar refractivity (Wildman–Crippen MR) is 125 cm³/mol. The number of carbonyl (C=O) groups excluding carboxylic acids is 2. The second kappa shape index (κ2) is 11.4. The smallest absolute Gasteiger partial charge is 0.295 e. The first-order valence-electron chi connectivity index (χ1n) is 11.1. The number of unbranched alkanes of at least 4 members (excludes halogenated alkanes) is 1. The van der Waals surface area contributed by atoms with Crippen LogP contribution in [0.1, 0.15) is 43.4 Å². The standard InChI is InChI=1S/C25H28N2O7/c1-3-4-14-34-20-11-6-9-18(16-20)23(28)21-22(17-8-5-10-19(15-17)27(31)32)26(12-7-13-33-2)25(30)24(21)29/h5-6,8-11,15-16,22,28H,3-4,7,12-14H2,1-2H3. The number of nitro groups is 1. The minimum Gasteiger partial charge on any atom is -0.507 e. The van der Waals surface area contributed by atoms with Gasteiger partial charge in [0.2, 0.25) is 0 Å². The van der Waals surface area contributed by atoms with Gasteiger partial charge in [0.15, 0.2) is 0 Å². The van der Waals surface area contributed by atoms with Crippen LogP contribution < -0.4 is 4.74 Å². The van der Waals surface area contributed by atoms with Gasteiger partial charge in [-0.1, -0.05) is 37.6 Å². The fourth-order valence-electron chi connectivity index (χ4n) is 3.87. The van der Waals surface area contributed by atoms with E-state index in [0.29, 0.717) is 36.5 Å². The maximum atomic E-state index is 13.1. The van der Waals surface area contributed by atoms with E-state index in [2.05, 4.69) is 0 Å². The predicted octanol–water partition coefficient (Wildman–Crippen LogP) is 4.23. The van der Waals surface area contributed by atoms with Crippen molar-refractivity contribution in [2.75, 3.05) is 26.9 Å². The zero-order valence-corrected chi connectivity index (χ0v) is 19.2. The fourth-order valence-corrected chi connectivity index (χ4v) is 3.87. The average molecular weight is 469 g/mol. The minimum atomic E-state index is -0.971. The highest BCUT2D eigenvalue weighted by molar-refractivity contribution is 6.46. The highest BCUT2D eigenvalue weighted by Crippen LogP contribution is 2.40. The van der Waals surface area contributed by atoms with Gasteiger partial charge in [0.25, 0.3) is 17.4 Å². The molecule has 9 nitrogen and oxygen atoms in total. The number of aliphatic hydroxyl groups excluding tert-OH is 1. The number of ether oxygens (including phenoxy) is 2. The lowest BCUT2D eigenvalue weighted by atomic mass is 9.95. The first-order chi connectivity index (χ1) is 16.4. The van der Waals surface area contributed by atoms with Gasteiger partial charge in [0.05, 0.1) is 23.1 Å². The lowest BCUT2D eigenvalue weighted by Gasteiger charge is -2.25. The molecule has 1 amide bonds. The van der Waals surface area contributed by atoms with Gasteiger partial charge in [-0.05, 0) is 30.5 Å². The van der Waals surface area contributed by atoms with E-state index in [9.17, 15) is 24.8 Å². The van der Waals surface area contributed by atoms with E-state index in [0.717, 1.165) is 12.8 Å². The van der Waals surface area contributed by atoms with Gasteiger partial charge >= 0.3 is 0 Å². The Morgan fingerprint density at radius 1 is 1.12 bits per heavy atom. The Morgan fingerprint density at radius 2 is 1.88 bits per heavy atom. The number of nitrogens with zero attached hydrogens (tertiary/aromatic N) is 2. The van der Waals surface area contributed by atoms with Crippen LogP contribution in [-0.2, 0) is 14.3 Å². The molecule has 1 heterocycles. The van der Waals surface area contributed by atoms with Gasteiger partial charge in [0, 0.05) is 38.0 Å². The minimum absolute atomic E-state index is 0.117. The Labute approximate surface area is 197 Å². The van der Waals surface area contributed by atoms with Crippen molar-refractivity contribution in [3.8, 4) is 5.75 Å². The third kappa shape index (κ3) is 5.43. The van der Waals surface area contributed by atoms with Crippen molar-refractivity contribution in [3.05, 3.63) is 75.3 Å². The topological polar surface area (TPSA) is 119 Å². The summed E-state index contributed by atoms with van der Waals surface area (Å²) in [5.41, 5.74) is 0.391. The van der Waals surface area contributed by atoms with Crippen LogP contribution in [0.2, 0.25) is 0 Å². The molecule has 1 atom stereocenters.